The van der Waals surface area contributed by atoms with Crippen molar-refractivity contribution in [2.75, 3.05) is 0 Å². The first kappa shape index (κ1) is 11.3. The van der Waals surface area contributed by atoms with Crippen LogP contribution in [-0.2, 0) is 11.2 Å². The summed E-state index contributed by atoms with van der Waals surface area (Å²) in [5, 5.41) is 19.8. The van der Waals surface area contributed by atoms with E-state index in [1.807, 2.05) is 6.07 Å². The summed E-state index contributed by atoms with van der Waals surface area (Å²) in [5.74, 6) is -0.892. The van der Waals surface area contributed by atoms with Crippen LogP contribution >= 0.6 is 11.3 Å². The average Bonchev–Trinajstić information content (AvgIpc) is 2.77. The topological polar surface area (TPSA) is 74.0 Å². The van der Waals surface area contributed by atoms with Gasteiger partial charge in [-0.3, -0.25) is 4.79 Å². The molecule has 1 aromatic heterocycles. The highest BCUT2D eigenvalue weighted by Crippen LogP contribution is 2.22. The molecule has 0 radical (unpaired) electrons. The van der Waals surface area contributed by atoms with E-state index in [0.29, 0.717) is 16.3 Å². The van der Waals surface area contributed by atoms with Gasteiger partial charge in [0.15, 0.2) is 0 Å². The van der Waals surface area contributed by atoms with Crippen LogP contribution in [0.3, 0.4) is 0 Å². The number of nitrogens with zero attached hydrogens (tertiary/aromatic N) is 2. The molecule has 0 spiro atoms. The largest absolute Gasteiger partial charge is 0.481 e. The molecule has 0 saturated heterocycles. The number of hydrogen-bond donors (Lipinski definition) is 1. The minimum absolute atomic E-state index is 0.0669. The van der Waals surface area contributed by atoms with Gasteiger partial charge in [-0.1, -0.05) is 12.1 Å². The number of hydrogen-bond acceptors (Lipinski definition) is 4. The molecular weight excluding hydrogens is 236 g/mol. The average molecular weight is 244 g/mol. The van der Waals surface area contributed by atoms with Crippen molar-refractivity contribution in [3.8, 4) is 17.3 Å². The van der Waals surface area contributed by atoms with Gasteiger partial charge in [0.2, 0.25) is 0 Å². The van der Waals surface area contributed by atoms with Crippen molar-refractivity contribution in [2.24, 2.45) is 0 Å². The lowest BCUT2D eigenvalue weighted by molar-refractivity contribution is -0.136. The number of nitriles is 1. The van der Waals surface area contributed by atoms with Crippen molar-refractivity contribution in [1.29, 1.82) is 5.26 Å². The molecule has 0 saturated carbocycles. The van der Waals surface area contributed by atoms with Gasteiger partial charge < -0.3 is 5.11 Å². The van der Waals surface area contributed by atoms with Crippen LogP contribution in [0.2, 0.25) is 0 Å². The Bertz CT molecular complexity index is 599. The molecule has 2 aromatic rings. The van der Waals surface area contributed by atoms with Gasteiger partial charge >= 0.3 is 5.97 Å². The Labute approximate surface area is 102 Å². The number of aliphatic carboxylic acids is 1. The van der Waals surface area contributed by atoms with E-state index in [2.05, 4.69) is 11.1 Å². The molecule has 0 fully saturated rings. The number of aromatic nitrogens is 1. The first-order chi connectivity index (χ1) is 8.19. The Morgan fingerprint density at radius 3 is 3.06 bits per heavy atom. The van der Waals surface area contributed by atoms with Crippen molar-refractivity contribution in [3.05, 3.63) is 40.2 Å². The molecule has 0 atom stereocenters. The Morgan fingerprint density at radius 1 is 1.53 bits per heavy atom. The maximum atomic E-state index is 10.5. The Morgan fingerprint density at radius 2 is 2.35 bits per heavy atom. The van der Waals surface area contributed by atoms with Gasteiger partial charge in [-0.2, -0.15) is 5.26 Å². The number of carboxylic acids is 1. The second kappa shape index (κ2) is 4.76. The molecule has 0 amide bonds. The second-order valence-electron chi connectivity index (χ2n) is 3.39. The van der Waals surface area contributed by atoms with E-state index < -0.39 is 5.97 Å². The summed E-state index contributed by atoms with van der Waals surface area (Å²) in [4.78, 5) is 14.8. The number of benzene rings is 1. The number of carboxylic acid groups (broad SMARTS) is 1. The van der Waals surface area contributed by atoms with Gasteiger partial charge in [0.25, 0.3) is 0 Å². The molecule has 0 aliphatic carbocycles. The third-order valence-corrected chi connectivity index (χ3v) is 2.99. The van der Waals surface area contributed by atoms with Crippen molar-refractivity contribution in [2.45, 2.75) is 6.42 Å². The molecule has 1 heterocycles. The van der Waals surface area contributed by atoms with Crippen LogP contribution in [0.15, 0.2) is 29.6 Å². The maximum absolute atomic E-state index is 10.5. The summed E-state index contributed by atoms with van der Waals surface area (Å²) < 4.78 is 0. The summed E-state index contributed by atoms with van der Waals surface area (Å²) in [7, 11) is 0. The van der Waals surface area contributed by atoms with Crippen LogP contribution in [0.1, 0.15) is 10.6 Å². The second-order valence-corrected chi connectivity index (χ2v) is 4.33. The molecule has 2 rings (SSSR count). The lowest BCUT2D eigenvalue weighted by atomic mass is 10.1. The zero-order chi connectivity index (χ0) is 12.3. The fourth-order valence-corrected chi connectivity index (χ4v) is 2.20. The zero-order valence-corrected chi connectivity index (χ0v) is 9.57. The molecule has 1 aromatic carbocycles. The van der Waals surface area contributed by atoms with E-state index in [1.54, 1.807) is 23.6 Å². The van der Waals surface area contributed by atoms with Crippen molar-refractivity contribution in [1.82, 2.24) is 4.98 Å². The van der Waals surface area contributed by atoms with Crippen molar-refractivity contribution in [3.63, 3.8) is 0 Å². The van der Waals surface area contributed by atoms with Gasteiger partial charge in [-0.15, -0.1) is 11.3 Å². The van der Waals surface area contributed by atoms with Crippen LogP contribution in [-0.4, -0.2) is 16.1 Å². The highest BCUT2D eigenvalue weighted by atomic mass is 32.1. The van der Waals surface area contributed by atoms with Gasteiger partial charge in [-0.25, -0.2) is 4.98 Å². The van der Waals surface area contributed by atoms with Crippen molar-refractivity contribution < 1.29 is 9.90 Å². The summed E-state index contributed by atoms with van der Waals surface area (Å²) in [6, 6.07) is 9.14. The number of carbonyl (C=O) groups is 1. The first-order valence-corrected chi connectivity index (χ1v) is 5.74. The molecule has 84 valence electrons. The van der Waals surface area contributed by atoms with Gasteiger partial charge in [-0.05, 0) is 12.1 Å². The monoisotopic (exact) mass is 244 g/mol. The van der Waals surface area contributed by atoms with Gasteiger partial charge in [0.05, 0.1) is 23.7 Å². The molecule has 0 unspecified atom stereocenters. The normalized spacial score (nSPS) is 9.82. The summed E-state index contributed by atoms with van der Waals surface area (Å²) in [5.41, 5.74) is 2.11. The van der Waals surface area contributed by atoms with E-state index in [1.165, 1.54) is 11.3 Å². The summed E-state index contributed by atoms with van der Waals surface area (Å²) >= 11 is 1.31. The number of thiazole rings is 1. The fraction of sp³-hybridized carbons (Fsp3) is 0.0833. The standard InChI is InChI=1S/C12H8N2O2S/c13-6-8-2-1-3-9(4-8)10-7-17-11(14-10)5-12(15)16/h1-4,7H,5H2,(H,15,16). The predicted octanol–water partition coefficient (Wildman–Crippen LogP) is 2.31. The first-order valence-electron chi connectivity index (χ1n) is 4.86. The Balaban J connectivity index is 2.30. The highest BCUT2D eigenvalue weighted by Gasteiger charge is 2.08. The van der Waals surface area contributed by atoms with Crippen LogP contribution in [0.25, 0.3) is 11.3 Å². The molecule has 17 heavy (non-hydrogen) atoms. The predicted molar refractivity (Wildman–Crippen MR) is 63.6 cm³/mol. The fourth-order valence-electron chi connectivity index (χ4n) is 1.40. The van der Waals surface area contributed by atoms with Crippen LogP contribution in [0.5, 0.6) is 0 Å². The molecular formula is C12H8N2O2S. The van der Waals surface area contributed by atoms with E-state index in [4.69, 9.17) is 10.4 Å². The highest BCUT2D eigenvalue weighted by molar-refractivity contribution is 7.10. The SMILES string of the molecule is N#Cc1cccc(-c2csc(CC(=O)O)n2)c1. The maximum Gasteiger partial charge on any atom is 0.310 e. The minimum atomic E-state index is -0.892. The minimum Gasteiger partial charge on any atom is -0.481 e. The third kappa shape index (κ3) is 2.68. The molecule has 0 aliphatic heterocycles. The molecule has 5 heteroatoms. The van der Waals surface area contributed by atoms with Crippen molar-refractivity contribution >= 4 is 17.3 Å². The molecule has 4 nitrogen and oxygen atoms in total. The zero-order valence-electron chi connectivity index (χ0n) is 8.75. The Kier molecular flexibility index (Phi) is 3.17. The summed E-state index contributed by atoms with van der Waals surface area (Å²) in [6.07, 6.45) is -0.0669. The van der Waals surface area contributed by atoms with E-state index in [-0.39, 0.29) is 6.42 Å². The van der Waals surface area contributed by atoms with Crippen LogP contribution in [0.4, 0.5) is 0 Å². The van der Waals surface area contributed by atoms with E-state index >= 15 is 0 Å². The van der Waals surface area contributed by atoms with Gasteiger partial charge in [0.1, 0.15) is 5.01 Å². The lowest BCUT2D eigenvalue weighted by Gasteiger charge is -1.96. The number of rotatable bonds is 3. The lowest BCUT2D eigenvalue weighted by Crippen LogP contribution is -1.99. The Hall–Kier alpha value is -2.19. The molecule has 1 N–H and O–H groups in total. The summed E-state index contributed by atoms with van der Waals surface area (Å²) in [6.45, 7) is 0. The molecule has 0 bridgehead atoms. The third-order valence-electron chi connectivity index (χ3n) is 2.14. The van der Waals surface area contributed by atoms with E-state index in [9.17, 15) is 4.79 Å². The van der Waals surface area contributed by atoms with E-state index in [0.717, 1.165) is 5.56 Å². The smallest absolute Gasteiger partial charge is 0.310 e. The molecule has 0 aliphatic rings. The van der Waals surface area contributed by atoms with Crippen LogP contribution in [0, 0.1) is 11.3 Å². The van der Waals surface area contributed by atoms with Crippen LogP contribution < -0.4 is 0 Å². The van der Waals surface area contributed by atoms with Gasteiger partial charge in [0, 0.05) is 10.9 Å². The quantitative estimate of drug-likeness (QED) is 0.899.